The smallest absolute Gasteiger partial charge is 0.128 e. The van der Waals surface area contributed by atoms with Crippen molar-refractivity contribution < 1.29 is 4.74 Å². The Balaban J connectivity index is 2.45. The van der Waals surface area contributed by atoms with Gasteiger partial charge in [0.05, 0.1) is 19.0 Å². The summed E-state index contributed by atoms with van der Waals surface area (Å²) in [6.07, 6.45) is 2.70. The van der Waals surface area contributed by atoms with Gasteiger partial charge in [0.15, 0.2) is 0 Å². The van der Waals surface area contributed by atoms with Gasteiger partial charge in [-0.3, -0.25) is 0 Å². The van der Waals surface area contributed by atoms with Gasteiger partial charge in [0.1, 0.15) is 11.6 Å². The van der Waals surface area contributed by atoms with Crippen LogP contribution in [0.5, 0.6) is 5.75 Å². The van der Waals surface area contributed by atoms with E-state index in [4.69, 9.17) is 4.74 Å². The number of nitrogens with one attached hydrogen (secondary N) is 1. The summed E-state index contributed by atoms with van der Waals surface area (Å²) in [6.45, 7) is 4.18. The summed E-state index contributed by atoms with van der Waals surface area (Å²) in [6, 6.07) is 4.19. The van der Waals surface area contributed by atoms with E-state index in [2.05, 4.69) is 48.6 Å². The van der Waals surface area contributed by atoms with Crippen molar-refractivity contribution in [1.29, 1.82) is 0 Å². The lowest BCUT2D eigenvalue weighted by atomic mass is 10.0. The van der Waals surface area contributed by atoms with Gasteiger partial charge in [-0.15, -0.1) is 0 Å². The molecule has 0 spiro atoms. The van der Waals surface area contributed by atoms with Crippen molar-refractivity contribution in [3.63, 3.8) is 0 Å². The predicted octanol–water partition coefficient (Wildman–Crippen LogP) is 3.17. The van der Waals surface area contributed by atoms with Crippen LogP contribution in [0.4, 0.5) is 0 Å². The summed E-state index contributed by atoms with van der Waals surface area (Å²) in [7, 11) is 1.69. The lowest BCUT2D eigenvalue weighted by Crippen LogP contribution is -1.93. The van der Waals surface area contributed by atoms with Gasteiger partial charge in [-0.2, -0.15) is 12.6 Å². The van der Waals surface area contributed by atoms with Gasteiger partial charge in [-0.1, -0.05) is 0 Å². The molecule has 1 aromatic carbocycles. The molecule has 4 heteroatoms. The fourth-order valence-corrected chi connectivity index (χ4v) is 2.11. The molecule has 18 heavy (non-hydrogen) atoms. The van der Waals surface area contributed by atoms with E-state index in [-0.39, 0.29) is 0 Å². The number of H-pyrrole nitrogens is 1. The summed E-state index contributed by atoms with van der Waals surface area (Å²) in [5.74, 6) is 2.62. The number of ether oxygens (including phenoxy) is 1. The van der Waals surface area contributed by atoms with Crippen LogP contribution < -0.4 is 4.74 Å². The summed E-state index contributed by atoms with van der Waals surface area (Å²) in [5.41, 5.74) is 4.52. The summed E-state index contributed by atoms with van der Waals surface area (Å²) >= 11 is 4.21. The van der Waals surface area contributed by atoms with Crippen LogP contribution in [0, 0.1) is 13.8 Å². The number of hydrogen-bond donors (Lipinski definition) is 2. The second-order valence-corrected chi connectivity index (χ2v) is 4.80. The molecule has 0 saturated carbocycles. The highest BCUT2D eigenvalue weighted by molar-refractivity contribution is 7.80. The molecule has 0 saturated heterocycles. The Morgan fingerprint density at radius 3 is 2.67 bits per heavy atom. The SMILES string of the molecule is COc1cc(C)c(C)cc1-c1cnc(CCS)[nH]1. The minimum atomic E-state index is 0.789. The minimum Gasteiger partial charge on any atom is -0.496 e. The highest BCUT2D eigenvalue weighted by atomic mass is 32.1. The first-order valence-electron chi connectivity index (χ1n) is 5.96. The second kappa shape index (κ2) is 5.48. The number of aromatic nitrogens is 2. The van der Waals surface area contributed by atoms with Crippen LogP contribution in [0.3, 0.4) is 0 Å². The third kappa shape index (κ3) is 2.53. The maximum Gasteiger partial charge on any atom is 0.128 e. The Morgan fingerprint density at radius 2 is 2.00 bits per heavy atom. The zero-order chi connectivity index (χ0) is 13.1. The number of benzene rings is 1. The number of methoxy groups -OCH3 is 1. The molecule has 1 heterocycles. The fraction of sp³-hybridized carbons (Fsp3) is 0.357. The minimum absolute atomic E-state index is 0.789. The molecule has 0 bridgehead atoms. The first-order valence-corrected chi connectivity index (χ1v) is 6.59. The van der Waals surface area contributed by atoms with Crippen LogP contribution in [-0.2, 0) is 6.42 Å². The summed E-state index contributed by atoms with van der Waals surface area (Å²) < 4.78 is 5.44. The average molecular weight is 262 g/mol. The van der Waals surface area contributed by atoms with E-state index in [9.17, 15) is 0 Å². The van der Waals surface area contributed by atoms with Crippen LogP contribution >= 0.6 is 12.6 Å². The Bertz CT molecular complexity index is 549. The molecule has 0 amide bonds. The van der Waals surface area contributed by atoms with Gasteiger partial charge in [-0.05, 0) is 42.9 Å². The average Bonchev–Trinajstić information content (AvgIpc) is 2.81. The number of imidazole rings is 1. The first-order chi connectivity index (χ1) is 8.65. The summed E-state index contributed by atoms with van der Waals surface area (Å²) in [4.78, 5) is 7.66. The Labute approximate surface area is 113 Å². The second-order valence-electron chi connectivity index (χ2n) is 4.35. The van der Waals surface area contributed by atoms with E-state index in [1.807, 2.05) is 6.20 Å². The van der Waals surface area contributed by atoms with Crippen molar-refractivity contribution in [2.24, 2.45) is 0 Å². The topological polar surface area (TPSA) is 37.9 Å². The zero-order valence-corrected chi connectivity index (χ0v) is 11.8. The predicted molar refractivity (Wildman–Crippen MR) is 77.6 cm³/mol. The third-order valence-corrected chi connectivity index (χ3v) is 3.31. The van der Waals surface area contributed by atoms with Crippen LogP contribution in [0.1, 0.15) is 17.0 Å². The van der Waals surface area contributed by atoms with Gasteiger partial charge in [0, 0.05) is 12.0 Å². The number of hydrogen-bond acceptors (Lipinski definition) is 3. The molecule has 2 aromatic rings. The molecule has 0 aliphatic carbocycles. The largest absolute Gasteiger partial charge is 0.496 e. The summed E-state index contributed by atoms with van der Waals surface area (Å²) in [5, 5.41) is 0. The number of thiol groups is 1. The monoisotopic (exact) mass is 262 g/mol. The van der Waals surface area contributed by atoms with Crippen LogP contribution in [0.2, 0.25) is 0 Å². The molecule has 96 valence electrons. The molecule has 0 atom stereocenters. The maximum atomic E-state index is 5.44. The number of aryl methyl sites for hydroxylation is 3. The maximum absolute atomic E-state index is 5.44. The molecule has 0 fully saturated rings. The van der Waals surface area contributed by atoms with Crippen molar-refractivity contribution >= 4 is 12.6 Å². The molecule has 1 aromatic heterocycles. The van der Waals surface area contributed by atoms with E-state index >= 15 is 0 Å². The zero-order valence-electron chi connectivity index (χ0n) is 10.9. The highest BCUT2D eigenvalue weighted by Crippen LogP contribution is 2.31. The Hall–Kier alpha value is -1.42. The Kier molecular flexibility index (Phi) is 3.97. The quantitative estimate of drug-likeness (QED) is 0.831. The fourth-order valence-electron chi connectivity index (χ4n) is 1.90. The normalized spacial score (nSPS) is 10.7. The molecule has 0 radical (unpaired) electrons. The number of nitrogens with zero attached hydrogens (tertiary/aromatic N) is 1. The van der Waals surface area contributed by atoms with Crippen molar-refractivity contribution in [2.45, 2.75) is 20.3 Å². The molecule has 1 N–H and O–H groups in total. The van der Waals surface area contributed by atoms with Crippen molar-refractivity contribution in [1.82, 2.24) is 9.97 Å². The molecular weight excluding hydrogens is 244 g/mol. The van der Waals surface area contributed by atoms with Crippen LogP contribution in [0.25, 0.3) is 11.3 Å². The van der Waals surface area contributed by atoms with Gasteiger partial charge < -0.3 is 9.72 Å². The van der Waals surface area contributed by atoms with E-state index in [0.29, 0.717) is 0 Å². The van der Waals surface area contributed by atoms with E-state index < -0.39 is 0 Å². The van der Waals surface area contributed by atoms with Gasteiger partial charge in [0.2, 0.25) is 0 Å². The third-order valence-electron chi connectivity index (χ3n) is 3.08. The van der Waals surface area contributed by atoms with Gasteiger partial charge in [0.25, 0.3) is 0 Å². The van der Waals surface area contributed by atoms with Gasteiger partial charge >= 0.3 is 0 Å². The standard InChI is InChI=1S/C14H18N2OS/c1-9-6-11(13(17-3)7-10(9)2)12-8-15-14(16-12)4-5-18/h6-8,18H,4-5H2,1-3H3,(H,15,16). The number of aromatic amines is 1. The van der Waals surface area contributed by atoms with Crippen molar-refractivity contribution in [3.05, 3.63) is 35.3 Å². The molecule has 0 aliphatic rings. The number of rotatable bonds is 4. The molecule has 3 nitrogen and oxygen atoms in total. The van der Waals surface area contributed by atoms with E-state index in [1.54, 1.807) is 7.11 Å². The molecular formula is C14H18N2OS. The lowest BCUT2D eigenvalue weighted by molar-refractivity contribution is 0.416. The molecule has 0 unspecified atom stereocenters. The van der Waals surface area contributed by atoms with Crippen LogP contribution in [-0.4, -0.2) is 22.8 Å². The Morgan fingerprint density at radius 1 is 1.28 bits per heavy atom. The van der Waals surface area contributed by atoms with E-state index in [0.717, 1.165) is 35.0 Å². The van der Waals surface area contributed by atoms with Crippen LogP contribution in [0.15, 0.2) is 18.3 Å². The van der Waals surface area contributed by atoms with Crippen molar-refractivity contribution in [2.75, 3.05) is 12.9 Å². The molecule has 0 aliphatic heterocycles. The first kappa shape index (κ1) is 13.0. The highest BCUT2D eigenvalue weighted by Gasteiger charge is 2.10. The van der Waals surface area contributed by atoms with Crippen molar-refractivity contribution in [3.8, 4) is 17.0 Å². The molecule has 2 rings (SSSR count). The van der Waals surface area contributed by atoms with Gasteiger partial charge in [-0.25, -0.2) is 4.98 Å². The van der Waals surface area contributed by atoms with E-state index in [1.165, 1.54) is 11.1 Å². The lowest BCUT2D eigenvalue weighted by Gasteiger charge is -2.10.